The normalized spacial score (nSPS) is 28.2. The molecule has 2 aliphatic rings. The summed E-state index contributed by atoms with van der Waals surface area (Å²) >= 11 is 0. The lowest BCUT2D eigenvalue weighted by molar-refractivity contribution is -0.307. The summed E-state index contributed by atoms with van der Waals surface area (Å²) in [5, 5.41) is 65.7. The van der Waals surface area contributed by atoms with Crippen LogP contribution in [0.4, 0.5) is 0 Å². The smallest absolute Gasteiger partial charge is 0.370 e. The van der Waals surface area contributed by atoms with Crippen LogP contribution in [-0.4, -0.2) is 141 Å². The third kappa shape index (κ3) is 17.9. The Bertz CT molecular complexity index is 1230. The van der Waals surface area contributed by atoms with Gasteiger partial charge in [-0.25, -0.2) is 9.59 Å². The molecule has 0 aliphatic carbocycles. The van der Waals surface area contributed by atoms with Crippen LogP contribution in [0.25, 0.3) is 0 Å². The second-order valence-electron chi connectivity index (χ2n) is 12.5. The van der Waals surface area contributed by atoms with E-state index < -0.39 is 84.1 Å². The molecular weight excluding hydrogens is 709 g/mol. The molecule has 302 valence electrons. The molecule has 0 aromatic carbocycles. The molecule has 0 radical (unpaired) electrons. The molecule has 2 rings (SSSR count). The average molecular weight is 770 g/mol. The van der Waals surface area contributed by atoms with Crippen molar-refractivity contribution in [3.63, 3.8) is 0 Å². The molecule has 0 aromatic heterocycles. The van der Waals surface area contributed by atoms with Crippen LogP contribution in [0.15, 0.2) is 16.8 Å². The highest BCUT2D eigenvalue weighted by atomic mass is 31.0. The van der Waals surface area contributed by atoms with Gasteiger partial charge in [0.25, 0.3) is 5.79 Å². The Morgan fingerprint density at radius 1 is 0.904 bits per heavy atom. The van der Waals surface area contributed by atoms with Crippen molar-refractivity contribution in [3.05, 3.63) is 11.8 Å². The number of carbonyl (C=O) groups excluding carboxylic acids is 3. The van der Waals surface area contributed by atoms with Crippen LogP contribution in [0, 0.1) is 11.8 Å². The topological polar surface area (TPSA) is 309 Å². The van der Waals surface area contributed by atoms with Gasteiger partial charge in [0.2, 0.25) is 23.5 Å². The molecule has 11 N–H and O–H groups in total. The van der Waals surface area contributed by atoms with Crippen molar-refractivity contribution < 1.29 is 68.8 Å². The summed E-state index contributed by atoms with van der Waals surface area (Å²) in [6.45, 7) is 13.8. The molecule has 2 aliphatic heterocycles. The number of ether oxygens (including phenoxy) is 3. The first-order valence-corrected chi connectivity index (χ1v) is 17.0. The lowest BCUT2D eigenvalue weighted by Crippen LogP contribution is -2.66. The van der Waals surface area contributed by atoms with Crippen LogP contribution in [-0.2, 0) is 38.2 Å². The number of carboxylic acid groups (broad SMARTS) is 2. The van der Waals surface area contributed by atoms with Crippen molar-refractivity contribution in [1.82, 2.24) is 16.0 Å². The fourth-order valence-electron chi connectivity index (χ4n) is 4.59. The van der Waals surface area contributed by atoms with Gasteiger partial charge >= 0.3 is 11.9 Å². The number of nitrogens with two attached hydrogens (primary N) is 1. The molecule has 0 bridgehead atoms. The molecular formula is C32H60N5O14P. The van der Waals surface area contributed by atoms with Gasteiger partial charge in [0.15, 0.2) is 0 Å². The molecule has 3 amide bonds. The number of amides is 3. The van der Waals surface area contributed by atoms with Crippen LogP contribution < -0.4 is 21.7 Å². The van der Waals surface area contributed by atoms with Gasteiger partial charge in [0.1, 0.15) is 6.10 Å². The van der Waals surface area contributed by atoms with Crippen molar-refractivity contribution in [3.8, 4) is 0 Å². The van der Waals surface area contributed by atoms with Gasteiger partial charge in [-0.05, 0) is 33.8 Å². The number of carbonyl (C=O) groups is 5. The molecule has 0 spiro atoms. The summed E-state index contributed by atoms with van der Waals surface area (Å²) in [4.78, 5) is 58.4. The molecule has 13 atom stereocenters. The highest BCUT2D eigenvalue weighted by Crippen LogP contribution is 2.36. The lowest BCUT2D eigenvalue weighted by Gasteiger charge is -2.47. The predicted octanol–water partition coefficient (Wildman–Crippen LogP) is -1.34. The van der Waals surface area contributed by atoms with Crippen LogP contribution in [0.3, 0.4) is 0 Å². The summed E-state index contributed by atoms with van der Waals surface area (Å²) in [6.07, 6.45) is -5.04. The first kappa shape index (κ1) is 50.7. The number of amidine groups is 1. The number of nitrogens with one attached hydrogen (secondary N) is 3. The molecule has 20 heteroatoms. The Hall–Kier alpha value is -3.45. The van der Waals surface area contributed by atoms with Gasteiger partial charge in [0, 0.05) is 53.1 Å². The van der Waals surface area contributed by atoms with E-state index in [-0.39, 0.29) is 29.9 Å². The van der Waals surface area contributed by atoms with Crippen molar-refractivity contribution in [2.45, 2.75) is 129 Å². The summed E-state index contributed by atoms with van der Waals surface area (Å²) in [5.74, 6) is -6.74. The van der Waals surface area contributed by atoms with E-state index >= 15 is 0 Å². The summed E-state index contributed by atoms with van der Waals surface area (Å²) in [5.41, 5.74) is 5.04. The minimum absolute atomic E-state index is 0.00463. The Morgan fingerprint density at radius 3 is 1.65 bits per heavy atom. The first-order valence-electron chi connectivity index (χ1n) is 16.4. The maximum Gasteiger partial charge on any atom is 0.370 e. The number of aliphatic hydroxyl groups is 4. The number of rotatable bonds is 10. The second kappa shape index (κ2) is 24.0. The molecule has 2 heterocycles. The number of hydrogen-bond donors (Lipinski definition) is 10. The summed E-state index contributed by atoms with van der Waals surface area (Å²) < 4.78 is 16.4. The zero-order chi connectivity index (χ0) is 41.3. The molecule has 1 saturated heterocycles. The van der Waals surface area contributed by atoms with Crippen molar-refractivity contribution in [2.24, 2.45) is 22.6 Å². The van der Waals surface area contributed by atoms with E-state index in [1.165, 1.54) is 34.6 Å². The van der Waals surface area contributed by atoms with Gasteiger partial charge in [-0.15, -0.1) is 9.24 Å². The van der Waals surface area contributed by atoms with E-state index in [4.69, 9.17) is 25.1 Å². The van der Waals surface area contributed by atoms with E-state index in [0.717, 1.165) is 6.08 Å². The standard InChI is InChI=1S/C14H26NO7P.C12H19NO6.C3H8N2.C3H7NO/c1-6(7(2)16)12-11(15-8(3)17)10(18)5-14(22-12,13(19)20)21-9(4)23;1-5(6(2)14)11-10(13-7(3)15)8(16)4-9(19-11)12(17)18;1-3(4)5-2;1-3(5)4-2/h6-7,9-12,16,18H,5,23H2,1-4H3,(H,15,17)(H,19,20);4-6,8,10-11,14,16H,1-3H3,(H,13,15)(H,17,18);1-2H3,(H2,4,5);1-2H3,(H,4,5)/t6-,7-,9?,10+,11-,12?,14-;5-,6-,8+,10-,11?;;/m00../s1. The number of carboxylic acids is 2. The van der Waals surface area contributed by atoms with Gasteiger partial charge < -0.3 is 66.5 Å². The Balaban J connectivity index is 0. The summed E-state index contributed by atoms with van der Waals surface area (Å²) in [7, 11) is 5.57. The van der Waals surface area contributed by atoms with Crippen molar-refractivity contribution >= 4 is 44.7 Å². The highest BCUT2D eigenvalue weighted by molar-refractivity contribution is 7.17. The Morgan fingerprint density at radius 2 is 1.33 bits per heavy atom. The van der Waals surface area contributed by atoms with E-state index in [0.29, 0.717) is 5.84 Å². The van der Waals surface area contributed by atoms with Gasteiger partial charge in [-0.3, -0.25) is 19.4 Å². The van der Waals surface area contributed by atoms with E-state index in [9.17, 15) is 49.5 Å². The lowest BCUT2D eigenvalue weighted by atomic mass is 9.84. The molecule has 1 fully saturated rings. The Kier molecular flexibility index (Phi) is 23.4. The molecule has 19 nitrogen and oxygen atoms in total. The van der Waals surface area contributed by atoms with Gasteiger partial charge in [-0.1, -0.05) is 13.8 Å². The van der Waals surface area contributed by atoms with E-state index in [2.05, 4.69) is 30.2 Å². The van der Waals surface area contributed by atoms with Crippen LogP contribution in [0.1, 0.15) is 68.7 Å². The minimum Gasteiger partial charge on any atom is -0.481 e. The van der Waals surface area contributed by atoms with Crippen LogP contribution in [0.2, 0.25) is 0 Å². The number of aliphatic hydroxyl groups excluding tert-OH is 4. The monoisotopic (exact) mass is 769 g/mol. The maximum absolute atomic E-state index is 11.7. The average Bonchev–Trinajstić information content (AvgIpc) is 3.02. The first-order chi connectivity index (χ1) is 23.8. The number of aliphatic imine (C=N–C) groups is 1. The molecule has 0 saturated carbocycles. The molecule has 52 heavy (non-hydrogen) atoms. The highest BCUT2D eigenvalue weighted by Gasteiger charge is 2.55. The Labute approximate surface area is 306 Å². The number of aliphatic carboxylic acids is 2. The fourth-order valence-corrected chi connectivity index (χ4v) is 4.81. The predicted molar refractivity (Wildman–Crippen MR) is 193 cm³/mol. The fraction of sp³-hybridized carbons (Fsp3) is 0.750. The van der Waals surface area contributed by atoms with Crippen molar-refractivity contribution in [1.29, 1.82) is 0 Å². The molecule has 4 unspecified atom stereocenters. The summed E-state index contributed by atoms with van der Waals surface area (Å²) in [6, 6.07) is -1.64. The quantitative estimate of drug-likeness (QED) is 0.0699. The maximum atomic E-state index is 11.7. The minimum atomic E-state index is -2.04. The number of nitrogens with zero attached hydrogens (tertiary/aromatic N) is 1. The van der Waals surface area contributed by atoms with Gasteiger partial charge in [0.05, 0.1) is 54.3 Å². The van der Waals surface area contributed by atoms with E-state index in [1.807, 2.05) is 0 Å². The van der Waals surface area contributed by atoms with E-state index in [1.54, 1.807) is 41.8 Å². The third-order valence-electron chi connectivity index (χ3n) is 7.80. The largest absolute Gasteiger partial charge is 0.481 e. The zero-order valence-electron chi connectivity index (χ0n) is 31.7. The van der Waals surface area contributed by atoms with Crippen LogP contribution in [0.5, 0.6) is 0 Å². The molecule has 0 aromatic rings. The third-order valence-corrected chi connectivity index (χ3v) is 7.93. The van der Waals surface area contributed by atoms with Crippen LogP contribution >= 0.6 is 9.24 Å². The zero-order valence-corrected chi connectivity index (χ0v) is 32.8. The van der Waals surface area contributed by atoms with Gasteiger partial charge in [-0.2, -0.15) is 0 Å². The van der Waals surface area contributed by atoms with Crippen molar-refractivity contribution in [2.75, 3.05) is 14.1 Å². The number of hydrogen-bond acceptors (Lipinski definition) is 13. The SMILES string of the molecule is CC(=O)N[C@@H]1C([C@@H](C)[C@H](C)O)OC(C(=O)O)=C[C@H]1O.CC(=O)N[C@@H]1C([C@@H](C)[C@H](C)O)O[C@](OC(C)P)(C(=O)O)C[C@H]1O.CN=C(C)N.CNC(C)=O. The second-order valence-corrected chi connectivity index (χ2v) is 13.4.